The molecule has 0 aromatic carbocycles. The SMILES string of the molecule is CCCCn1nnnc1NCc1cc(Br)cs1. The normalized spacial score (nSPS) is 10.7. The van der Waals surface area contributed by atoms with Gasteiger partial charge in [0.2, 0.25) is 5.95 Å². The fourth-order valence-electron chi connectivity index (χ4n) is 1.40. The summed E-state index contributed by atoms with van der Waals surface area (Å²) >= 11 is 5.14. The van der Waals surface area contributed by atoms with Crippen molar-refractivity contribution in [3.05, 3.63) is 20.8 Å². The van der Waals surface area contributed by atoms with Gasteiger partial charge in [0, 0.05) is 21.3 Å². The highest BCUT2D eigenvalue weighted by atomic mass is 79.9. The molecule has 0 aliphatic carbocycles. The van der Waals surface area contributed by atoms with E-state index in [1.165, 1.54) is 4.88 Å². The van der Waals surface area contributed by atoms with Gasteiger partial charge in [0.25, 0.3) is 0 Å². The molecule has 2 aromatic rings. The van der Waals surface area contributed by atoms with E-state index in [1.807, 2.05) is 4.68 Å². The van der Waals surface area contributed by atoms with E-state index in [4.69, 9.17) is 0 Å². The van der Waals surface area contributed by atoms with Crippen LogP contribution in [0.5, 0.6) is 0 Å². The molecular weight excluding hydrogens is 302 g/mol. The highest BCUT2D eigenvalue weighted by molar-refractivity contribution is 9.10. The van der Waals surface area contributed by atoms with Gasteiger partial charge < -0.3 is 5.32 Å². The molecule has 0 spiro atoms. The minimum absolute atomic E-state index is 0.739. The zero-order valence-electron chi connectivity index (χ0n) is 9.56. The van der Waals surface area contributed by atoms with Crippen LogP contribution in [0, 0.1) is 0 Å². The van der Waals surface area contributed by atoms with E-state index in [9.17, 15) is 0 Å². The third-order valence-electron chi connectivity index (χ3n) is 2.30. The van der Waals surface area contributed by atoms with Crippen LogP contribution in [-0.2, 0) is 13.1 Å². The molecular formula is C10H14BrN5S. The van der Waals surface area contributed by atoms with Crippen LogP contribution < -0.4 is 5.32 Å². The largest absolute Gasteiger partial charge is 0.348 e. The molecule has 0 unspecified atom stereocenters. The first-order chi connectivity index (χ1) is 8.29. The summed E-state index contributed by atoms with van der Waals surface area (Å²) in [5.74, 6) is 0.739. The molecule has 92 valence electrons. The maximum Gasteiger partial charge on any atom is 0.243 e. The molecule has 0 bridgehead atoms. The van der Waals surface area contributed by atoms with Crippen LogP contribution in [0.4, 0.5) is 5.95 Å². The van der Waals surface area contributed by atoms with Gasteiger partial charge in [-0.05, 0) is 38.8 Å². The van der Waals surface area contributed by atoms with Crippen LogP contribution in [0.1, 0.15) is 24.6 Å². The Balaban J connectivity index is 1.92. The van der Waals surface area contributed by atoms with Crippen molar-refractivity contribution in [2.45, 2.75) is 32.9 Å². The van der Waals surface area contributed by atoms with Crippen LogP contribution in [0.15, 0.2) is 15.9 Å². The Morgan fingerprint density at radius 2 is 2.41 bits per heavy atom. The van der Waals surface area contributed by atoms with Crippen molar-refractivity contribution < 1.29 is 0 Å². The Morgan fingerprint density at radius 1 is 1.53 bits per heavy atom. The van der Waals surface area contributed by atoms with Gasteiger partial charge in [-0.3, -0.25) is 0 Å². The molecule has 2 heterocycles. The summed E-state index contributed by atoms with van der Waals surface area (Å²) in [7, 11) is 0. The molecule has 0 aliphatic rings. The highest BCUT2D eigenvalue weighted by Gasteiger charge is 2.05. The predicted molar refractivity (Wildman–Crippen MR) is 72.1 cm³/mol. The number of anilines is 1. The molecule has 0 fully saturated rings. The number of nitrogens with zero attached hydrogens (tertiary/aromatic N) is 4. The van der Waals surface area contributed by atoms with Crippen molar-refractivity contribution in [3.63, 3.8) is 0 Å². The Kier molecular flexibility index (Phi) is 4.49. The first-order valence-electron chi connectivity index (χ1n) is 5.52. The zero-order valence-corrected chi connectivity index (χ0v) is 12.0. The van der Waals surface area contributed by atoms with Gasteiger partial charge in [-0.15, -0.1) is 11.3 Å². The molecule has 0 saturated carbocycles. The lowest BCUT2D eigenvalue weighted by atomic mass is 10.3. The summed E-state index contributed by atoms with van der Waals surface area (Å²) in [6.45, 7) is 3.77. The minimum Gasteiger partial charge on any atom is -0.348 e. The number of hydrogen-bond donors (Lipinski definition) is 1. The standard InChI is InChI=1S/C10H14BrN5S/c1-2-3-4-16-10(13-14-15-16)12-6-9-5-8(11)7-17-9/h5,7H,2-4,6H2,1H3,(H,12,13,15). The van der Waals surface area contributed by atoms with E-state index in [1.54, 1.807) is 11.3 Å². The van der Waals surface area contributed by atoms with Crippen molar-refractivity contribution in [1.29, 1.82) is 0 Å². The van der Waals surface area contributed by atoms with Crippen LogP contribution in [0.25, 0.3) is 0 Å². The zero-order chi connectivity index (χ0) is 12.1. The maximum absolute atomic E-state index is 3.97. The quantitative estimate of drug-likeness (QED) is 0.890. The average molecular weight is 316 g/mol. The van der Waals surface area contributed by atoms with Gasteiger partial charge in [-0.25, -0.2) is 4.68 Å². The third kappa shape index (κ3) is 3.50. The van der Waals surface area contributed by atoms with Crippen LogP contribution in [-0.4, -0.2) is 20.2 Å². The Hall–Kier alpha value is -0.950. The molecule has 2 rings (SSSR count). The van der Waals surface area contributed by atoms with E-state index in [2.05, 4.69) is 55.1 Å². The topological polar surface area (TPSA) is 55.6 Å². The molecule has 5 nitrogen and oxygen atoms in total. The fraction of sp³-hybridized carbons (Fsp3) is 0.500. The van der Waals surface area contributed by atoms with E-state index in [0.717, 1.165) is 36.4 Å². The van der Waals surface area contributed by atoms with Gasteiger partial charge in [0.15, 0.2) is 0 Å². The summed E-state index contributed by atoms with van der Waals surface area (Å²) in [6.07, 6.45) is 2.22. The Bertz CT molecular complexity index is 467. The highest BCUT2D eigenvalue weighted by Crippen LogP contribution is 2.20. The summed E-state index contributed by atoms with van der Waals surface area (Å²) in [4.78, 5) is 1.25. The monoisotopic (exact) mass is 315 g/mol. The third-order valence-corrected chi connectivity index (χ3v) is 4.00. The second-order valence-electron chi connectivity index (χ2n) is 3.66. The molecule has 17 heavy (non-hydrogen) atoms. The van der Waals surface area contributed by atoms with Gasteiger partial charge in [0.1, 0.15) is 0 Å². The molecule has 0 radical (unpaired) electrons. The average Bonchev–Trinajstić information content (AvgIpc) is 2.92. The molecule has 7 heteroatoms. The van der Waals surface area contributed by atoms with Crippen LogP contribution >= 0.6 is 27.3 Å². The molecule has 0 aliphatic heterocycles. The van der Waals surface area contributed by atoms with Gasteiger partial charge >= 0.3 is 0 Å². The number of thiophene rings is 1. The number of halogens is 1. The summed E-state index contributed by atoms with van der Waals surface area (Å²) in [5, 5.41) is 16.9. The van der Waals surface area contributed by atoms with E-state index in [0.29, 0.717) is 0 Å². The summed E-state index contributed by atoms with van der Waals surface area (Å²) in [6, 6.07) is 2.10. The molecule has 1 N–H and O–H groups in total. The van der Waals surface area contributed by atoms with Crippen LogP contribution in [0.2, 0.25) is 0 Å². The van der Waals surface area contributed by atoms with Crippen molar-refractivity contribution in [2.75, 3.05) is 5.32 Å². The van der Waals surface area contributed by atoms with Crippen molar-refractivity contribution in [3.8, 4) is 0 Å². The number of nitrogens with one attached hydrogen (secondary N) is 1. The van der Waals surface area contributed by atoms with Crippen molar-refractivity contribution in [1.82, 2.24) is 20.2 Å². The van der Waals surface area contributed by atoms with E-state index in [-0.39, 0.29) is 0 Å². The second kappa shape index (κ2) is 6.11. The summed E-state index contributed by atoms with van der Waals surface area (Å²) < 4.78 is 2.93. The fourth-order valence-corrected chi connectivity index (χ4v) is 2.79. The number of aromatic nitrogens is 4. The lowest BCUT2D eigenvalue weighted by Crippen LogP contribution is -2.08. The van der Waals surface area contributed by atoms with Crippen molar-refractivity contribution in [2.24, 2.45) is 0 Å². The smallest absolute Gasteiger partial charge is 0.243 e. The van der Waals surface area contributed by atoms with E-state index >= 15 is 0 Å². The number of aryl methyl sites for hydroxylation is 1. The van der Waals surface area contributed by atoms with Crippen molar-refractivity contribution >= 4 is 33.2 Å². The first-order valence-corrected chi connectivity index (χ1v) is 7.20. The number of unbranched alkanes of at least 4 members (excludes halogenated alkanes) is 1. The lowest BCUT2D eigenvalue weighted by Gasteiger charge is -2.04. The number of rotatable bonds is 6. The molecule has 0 saturated heterocycles. The number of hydrogen-bond acceptors (Lipinski definition) is 5. The molecule has 0 amide bonds. The predicted octanol–water partition coefficient (Wildman–Crippen LogP) is 2.91. The summed E-state index contributed by atoms with van der Waals surface area (Å²) in [5.41, 5.74) is 0. The van der Waals surface area contributed by atoms with Crippen LogP contribution in [0.3, 0.4) is 0 Å². The second-order valence-corrected chi connectivity index (χ2v) is 5.58. The Labute approximate surface area is 112 Å². The first kappa shape index (κ1) is 12.5. The minimum atomic E-state index is 0.739. The van der Waals surface area contributed by atoms with Gasteiger partial charge in [-0.1, -0.05) is 18.4 Å². The van der Waals surface area contributed by atoms with Gasteiger partial charge in [-0.2, -0.15) is 0 Å². The lowest BCUT2D eigenvalue weighted by molar-refractivity contribution is 0.556. The molecule has 0 atom stereocenters. The van der Waals surface area contributed by atoms with E-state index < -0.39 is 0 Å². The number of tetrazole rings is 1. The molecule has 2 aromatic heterocycles. The van der Waals surface area contributed by atoms with Gasteiger partial charge in [0.05, 0.1) is 6.54 Å². The Morgan fingerprint density at radius 3 is 3.12 bits per heavy atom. The maximum atomic E-state index is 3.97.